The van der Waals surface area contributed by atoms with Gasteiger partial charge in [-0.05, 0) is 23.1 Å². The SMILES string of the molecule is BrC(Br)(Br)C(Br)(Br)C(Br)(Br)C(Br)(Br)CCOC(c1ccccc1)(c1ccccc1)c1ccccc1. The maximum atomic E-state index is 6.95. The maximum Gasteiger partial charge on any atom is 0.162 e. The molecular weight excluding hydrogens is 1040 g/mol. The number of alkyl halides is 9. The van der Waals surface area contributed by atoms with Gasteiger partial charge in [-0.1, -0.05) is 234 Å². The van der Waals surface area contributed by atoms with Crippen LogP contribution in [0.25, 0.3) is 0 Å². The second-order valence-electron chi connectivity index (χ2n) is 7.73. The van der Waals surface area contributed by atoms with Crippen LogP contribution in [-0.4, -0.2) is 18.5 Å². The molecule has 0 unspecified atom stereocenters. The third-order valence-electron chi connectivity index (χ3n) is 5.49. The molecule has 3 rings (SSSR count). The van der Waals surface area contributed by atoms with Gasteiger partial charge in [0.2, 0.25) is 0 Å². The molecule has 0 aliphatic heterocycles. The summed E-state index contributed by atoms with van der Waals surface area (Å²) in [6.07, 6.45) is 0.583. The topological polar surface area (TPSA) is 9.23 Å². The highest BCUT2D eigenvalue weighted by Crippen LogP contribution is 2.69. The third-order valence-corrected chi connectivity index (χ3v) is 21.6. The molecule has 3 aromatic carbocycles. The van der Waals surface area contributed by atoms with Gasteiger partial charge in [0, 0.05) is 0 Å². The fourth-order valence-corrected chi connectivity index (χ4v) is 9.80. The van der Waals surface area contributed by atoms with Gasteiger partial charge in [-0.15, -0.1) is 0 Å². The molecular formula is C25H19Br9O. The van der Waals surface area contributed by atoms with Crippen molar-refractivity contribution in [2.75, 3.05) is 6.61 Å². The molecule has 0 amide bonds. The van der Waals surface area contributed by atoms with E-state index in [0.29, 0.717) is 13.0 Å². The van der Waals surface area contributed by atoms with Gasteiger partial charge in [-0.3, -0.25) is 0 Å². The normalized spacial score (nSPS) is 13.6. The number of hydrogen-bond donors (Lipinski definition) is 0. The van der Waals surface area contributed by atoms with Crippen molar-refractivity contribution in [1.29, 1.82) is 0 Å². The number of ether oxygens (including phenoxy) is 1. The first-order valence-electron chi connectivity index (χ1n) is 10.3. The van der Waals surface area contributed by atoms with Crippen LogP contribution >= 0.6 is 143 Å². The Labute approximate surface area is 282 Å². The van der Waals surface area contributed by atoms with Crippen molar-refractivity contribution in [1.82, 2.24) is 0 Å². The Hall–Kier alpha value is 1.94. The monoisotopic (exact) mass is 1050 g/mol. The Morgan fingerprint density at radius 2 is 0.829 bits per heavy atom. The molecule has 0 aliphatic rings. The quantitative estimate of drug-likeness (QED) is 0.153. The van der Waals surface area contributed by atoms with Gasteiger partial charge >= 0.3 is 0 Å². The largest absolute Gasteiger partial charge is 0.361 e. The van der Waals surface area contributed by atoms with Crippen molar-refractivity contribution in [3.63, 3.8) is 0 Å². The van der Waals surface area contributed by atoms with E-state index in [4.69, 9.17) is 4.74 Å². The van der Waals surface area contributed by atoms with E-state index in [1.54, 1.807) is 0 Å². The van der Waals surface area contributed by atoms with Crippen LogP contribution in [0.2, 0.25) is 0 Å². The number of rotatable bonds is 9. The fraction of sp³-hybridized carbons (Fsp3) is 0.280. The molecule has 3 aromatic rings. The van der Waals surface area contributed by atoms with Gasteiger partial charge < -0.3 is 4.74 Å². The number of hydrogen-bond acceptors (Lipinski definition) is 1. The molecule has 0 saturated heterocycles. The van der Waals surface area contributed by atoms with Crippen molar-refractivity contribution in [2.45, 2.75) is 23.9 Å². The summed E-state index contributed by atoms with van der Waals surface area (Å²) < 4.78 is 4.10. The fourth-order valence-electron chi connectivity index (χ4n) is 3.67. The summed E-state index contributed by atoms with van der Waals surface area (Å²) >= 11 is 33.9. The lowest BCUT2D eigenvalue weighted by Crippen LogP contribution is -2.54. The molecule has 10 heteroatoms. The van der Waals surface area contributed by atoms with Crippen LogP contribution in [0.4, 0.5) is 0 Å². The molecule has 0 heterocycles. The zero-order valence-electron chi connectivity index (χ0n) is 17.9. The van der Waals surface area contributed by atoms with Crippen LogP contribution in [0.15, 0.2) is 91.0 Å². The van der Waals surface area contributed by atoms with E-state index >= 15 is 0 Å². The predicted molar refractivity (Wildman–Crippen MR) is 181 cm³/mol. The first-order chi connectivity index (χ1) is 16.3. The smallest absolute Gasteiger partial charge is 0.162 e. The average Bonchev–Trinajstić information content (AvgIpc) is 2.82. The first-order valence-corrected chi connectivity index (χ1v) is 17.4. The van der Waals surface area contributed by atoms with Gasteiger partial charge in [0.1, 0.15) is 15.3 Å². The van der Waals surface area contributed by atoms with Gasteiger partial charge in [0.25, 0.3) is 0 Å². The molecule has 0 saturated carbocycles. The highest BCUT2D eigenvalue weighted by atomic mass is 80.0. The Kier molecular flexibility index (Phi) is 11.4. The second kappa shape index (κ2) is 12.6. The molecule has 0 aromatic heterocycles. The standard InChI is InChI=1S/C25H19Br9O/c26-21(27,23(28,29)24(30,31)25(32,33)34)16-17-35-22(18-10-4-1-5-11-18,19-12-6-2-7-13-19)20-14-8-3-9-15-20/h1-15H,16-17H2. The summed E-state index contributed by atoms with van der Waals surface area (Å²) in [7, 11) is 0. The molecule has 0 spiro atoms. The summed E-state index contributed by atoms with van der Waals surface area (Å²) in [4.78, 5) is 0. The summed E-state index contributed by atoms with van der Waals surface area (Å²) in [6.45, 7) is 0.421. The van der Waals surface area contributed by atoms with Gasteiger partial charge in [0.15, 0.2) is 2.14 Å². The average molecular weight is 1050 g/mol. The third kappa shape index (κ3) is 6.64. The van der Waals surface area contributed by atoms with Crippen molar-refractivity contribution in [3.8, 4) is 0 Å². The van der Waals surface area contributed by atoms with Crippen molar-refractivity contribution >= 4 is 143 Å². The van der Waals surface area contributed by atoms with Crippen LogP contribution in [-0.2, 0) is 10.3 Å². The number of halogens is 9. The minimum Gasteiger partial charge on any atom is -0.361 e. The lowest BCUT2D eigenvalue weighted by Gasteiger charge is -2.47. The Bertz CT molecular complexity index is 986. The molecule has 0 aliphatic carbocycles. The highest BCUT2D eigenvalue weighted by Gasteiger charge is 2.64. The van der Waals surface area contributed by atoms with Crippen molar-refractivity contribution in [3.05, 3.63) is 108 Å². The van der Waals surface area contributed by atoms with E-state index in [2.05, 4.69) is 180 Å². The molecule has 0 bridgehead atoms. The van der Waals surface area contributed by atoms with Gasteiger partial charge in [-0.2, -0.15) is 0 Å². The second-order valence-corrected chi connectivity index (χ2v) is 25.1. The Morgan fingerprint density at radius 3 is 1.14 bits per heavy atom. The number of benzene rings is 3. The summed E-state index contributed by atoms with van der Waals surface area (Å²) in [6, 6.07) is 31.1. The van der Waals surface area contributed by atoms with Gasteiger partial charge in [0.05, 0.1) is 6.61 Å². The summed E-state index contributed by atoms with van der Waals surface area (Å²) in [5, 5.41) is 0. The zero-order chi connectivity index (χ0) is 26.0. The van der Waals surface area contributed by atoms with Crippen LogP contribution in [0.3, 0.4) is 0 Å². The molecule has 0 radical (unpaired) electrons. The van der Waals surface area contributed by atoms with E-state index in [-0.39, 0.29) is 0 Å². The highest BCUT2D eigenvalue weighted by molar-refractivity contribution is 9.42. The summed E-state index contributed by atoms with van der Waals surface area (Å²) in [5.41, 5.74) is 2.40. The van der Waals surface area contributed by atoms with Crippen LogP contribution in [0.1, 0.15) is 23.1 Å². The predicted octanol–water partition coefficient (Wildman–Crippen LogP) is 11.7. The van der Waals surface area contributed by atoms with Crippen LogP contribution in [0.5, 0.6) is 0 Å². The molecule has 188 valence electrons. The Morgan fingerprint density at radius 1 is 0.486 bits per heavy atom. The lowest BCUT2D eigenvalue weighted by molar-refractivity contribution is 0.0107. The minimum atomic E-state index is -0.787. The molecule has 1 nitrogen and oxygen atoms in total. The van der Waals surface area contributed by atoms with E-state index in [1.165, 1.54) is 0 Å². The minimum absolute atomic E-state index is 0.421. The van der Waals surface area contributed by atoms with Gasteiger partial charge in [-0.25, -0.2) is 0 Å². The Balaban J connectivity index is 2.03. The zero-order valence-corrected chi connectivity index (χ0v) is 32.2. The molecule has 35 heavy (non-hydrogen) atoms. The van der Waals surface area contributed by atoms with Crippen molar-refractivity contribution < 1.29 is 4.74 Å². The lowest BCUT2D eigenvalue weighted by atomic mass is 9.80. The van der Waals surface area contributed by atoms with Crippen LogP contribution in [0, 0.1) is 0 Å². The van der Waals surface area contributed by atoms with E-state index in [9.17, 15) is 0 Å². The molecule has 0 fully saturated rings. The van der Waals surface area contributed by atoms with Crippen molar-refractivity contribution in [2.24, 2.45) is 0 Å². The molecule has 0 N–H and O–H groups in total. The first kappa shape index (κ1) is 31.5. The van der Waals surface area contributed by atoms with Crippen LogP contribution < -0.4 is 0 Å². The van der Waals surface area contributed by atoms with E-state index < -0.39 is 17.4 Å². The summed E-state index contributed by atoms with van der Waals surface area (Å²) in [5.74, 6) is 0. The molecule has 0 atom stereocenters. The van der Waals surface area contributed by atoms with E-state index in [1.807, 2.05) is 54.6 Å². The van der Waals surface area contributed by atoms with E-state index in [0.717, 1.165) is 16.7 Å². The maximum absolute atomic E-state index is 6.95.